The number of carbonyl (C=O) groups is 1. The summed E-state index contributed by atoms with van der Waals surface area (Å²) in [4.78, 5) is 14.7. The number of ether oxygens (including phenoxy) is 2. The van der Waals surface area contributed by atoms with Gasteiger partial charge in [-0.15, -0.1) is 0 Å². The predicted molar refractivity (Wildman–Crippen MR) is 48.1 cm³/mol. The largest absolute Gasteiger partial charge is 0.484 e. The van der Waals surface area contributed by atoms with E-state index in [0.29, 0.717) is 24.8 Å². The monoisotopic (exact) mass is 194 g/mol. The molecule has 0 bridgehead atoms. The van der Waals surface area contributed by atoms with Crippen molar-refractivity contribution in [2.45, 2.75) is 6.42 Å². The van der Waals surface area contributed by atoms with E-state index in [1.54, 1.807) is 12.3 Å². The lowest BCUT2D eigenvalue weighted by Crippen LogP contribution is -2.18. The second-order valence-electron chi connectivity index (χ2n) is 2.99. The molecule has 1 aliphatic rings. The summed E-state index contributed by atoms with van der Waals surface area (Å²) >= 11 is 0. The van der Waals surface area contributed by atoms with Crippen molar-refractivity contribution in [3.63, 3.8) is 0 Å². The molecule has 0 spiro atoms. The lowest BCUT2D eigenvalue weighted by Gasteiger charge is -2.17. The van der Waals surface area contributed by atoms with Gasteiger partial charge in [0.25, 0.3) is 5.88 Å². The number of primary amides is 1. The number of carbonyl (C=O) groups excluding carboxylic acids is 1. The molecular formula is C9H10N2O3. The maximum atomic E-state index is 10.7. The Morgan fingerprint density at radius 3 is 3.07 bits per heavy atom. The van der Waals surface area contributed by atoms with Crippen molar-refractivity contribution in [3.8, 4) is 11.6 Å². The molecule has 1 aromatic heterocycles. The summed E-state index contributed by atoms with van der Waals surface area (Å²) in [6, 6.07) is 1.73. The number of rotatable bonds is 2. The Labute approximate surface area is 80.8 Å². The van der Waals surface area contributed by atoms with Gasteiger partial charge in [0, 0.05) is 6.20 Å². The molecular weight excluding hydrogens is 184 g/mol. The van der Waals surface area contributed by atoms with Crippen LogP contribution in [0.25, 0.3) is 0 Å². The third-order valence-electron chi connectivity index (χ3n) is 1.83. The minimum atomic E-state index is -0.386. The molecule has 5 heteroatoms. The van der Waals surface area contributed by atoms with E-state index in [4.69, 9.17) is 15.2 Å². The van der Waals surface area contributed by atoms with Crippen LogP contribution >= 0.6 is 0 Å². The molecule has 1 aromatic rings. The van der Waals surface area contributed by atoms with Crippen LogP contribution in [0.3, 0.4) is 0 Å². The molecule has 0 radical (unpaired) electrons. The first-order valence-corrected chi connectivity index (χ1v) is 4.28. The molecule has 2 N–H and O–H groups in total. The summed E-state index contributed by atoms with van der Waals surface area (Å²) in [7, 11) is 0. The lowest BCUT2D eigenvalue weighted by atomic mass is 10.2. The Hall–Kier alpha value is -1.78. The molecule has 0 aliphatic carbocycles. The van der Waals surface area contributed by atoms with Gasteiger partial charge in [0.15, 0.2) is 5.75 Å². The van der Waals surface area contributed by atoms with Crippen molar-refractivity contribution in [2.75, 3.05) is 13.2 Å². The summed E-state index contributed by atoms with van der Waals surface area (Å²) in [5.41, 5.74) is 5.80. The average Bonchev–Trinajstić information content (AvgIpc) is 2.17. The van der Waals surface area contributed by atoms with Gasteiger partial charge in [-0.1, -0.05) is 0 Å². The lowest BCUT2D eigenvalue weighted by molar-refractivity contribution is -0.117. The zero-order valence-corrected chi connectivity index (χ0v) is 7.53. The molecule has 2 rings (SSSR count). The van der Waals surface area contributed by atoms with Gasteiger partial charge in [-0.25, -0.2) is 4.98 Å². The van der Waals surface area contributed by atoms with Crippen molar-refractivity contribution < 1.29 is 14.3 Å². The van der Waals surface area contributed by atoms with E-state index in [1.807, 2.05) is 0 Å². The third-order valence-corrected chi connectivity index (χ3v) is 1.83. The average molecular weight is 194 g/mol. The highest BCUT2D eigenvalue weighted by Crippen LogP contribution is 2.27. The number of fused-ring (bicyclic) bond motifs is 1. The van der Waals surface area contributed by atoms with Crippen LogP contribution in [0, 0.1) is 0 Å². The highest BCUT2D eigenvalue weighted by atomic mass is 16.6. The first-order valence-electron chi connectivity index (χ1n) is 4.28. The van der Waals surface area contributed by atoms with Crippen LogP contribution in [0.5, 0.6) is 11.6 Å². The predicted octanol–water partition coefficient (Wildman–Crippen LogP) is -0.119. The van der Waals surface area contributed by atoms with Crippen LogP contribution in [0.2, 0.25) is 0 Å². The fourth-order valence-electron chi connectivity index (χ4n) is 1.27. The van der Waals surface area contributed by atoms with Crippen molar-refractivity contribution in [1.29, 1.82) is 0 Å². The Balaban J connectivity index is 2.24. The van der Waals surface area contributed by atoms with Gasteiger partial charge >= 0.3 is 0 Å². The Bertz CT molecular complexity index is 365. The fraction of sp³-hybridized carbons (Fsp3) is 0.333. The van der Waals surface area contributed by atoms with Gasteiger partial charge in [0.05, 0.1) is 6.42 Å². The fourth-order valence-corrected chi connectivity index (χ4v) is 1.27. The second-order valence-corrected chi connectivity index (χ2v) is 2.99. The van der Waals surface area contributed by atoms with Crippen LogP contribution in [0.1, 0.15) is 5.56 Å². The zero-order chi connectivity index (χ0) is 9.97. The second kappa shape index (κ2) is 3.53. The molecule has 0 saturated heterocycles. The standard InChI is InChI=1S/C9H10N2O3/c10-8(12)4-6-3-7-9(11-5-6)14-2-1-13-7/h3,5H,1-2,4H2,(H2,10,12). The van der Waals surface area contributed by atoms with Crippen LogP contribution < -0.4 is 15.2 Å². The number of nitrogens with zero attached hydrogens (tertiary/aromatic N) is 1. The number of aromatic nitrogens is 1. The van der Waals surface area contributed by atoms with Crippen molar-refractivity contribution >= 4 is 5.91 Å². The molecule has 2 heterocycles. The molecule has 0 aromatic carbocycles. The minimum Gasteiger partial charge on any atom is -0.484 e. The maximum absolute atomic E-state index is 10.7. The molecule has 0 saturated carbocycles. The van der Waals surface area contributed by atoms with E-state index < -0.39 is 0 Å². The first-order chi connectivity index (χ1) is 6.75. The number of hydrogen-bond acceptors (Lipinski definition) is 4. The minimum absolute atomic E-state index is 0.170. The molecule has 0 fully saturated rings. The van der Waals surface area contributed by atoms with Crippen LogP contribution in [-0.2, 0) is 11.2 Å². The number of hydrogen-bond donors (Lipinski definition) is 1. The van der Waals surface area contributed by atoms with Gasteiger partial charge < -0.3 is 15.2 Å². The van der Waals surface area contributed by atoms with E-state index in [0.717, 1.165) is 5.56 Å². The van der Waals surface area contributed by atoms with Gasteiger partial charge in [0.1, 0.15) is 13.2 Å². The van der Waals surface area contributed by atoms with Crippen molar-refractivity contribution in [1.82, 2.24) is 4.98 Å². The van der Waals surface area contributed by atoms with Gasteiger partial charge in [-0.05, 0) is 11.6 Å². The molecule has 0 unspecified atom stereocenters. The molecule has 14 heavy (non-hydrogen) atoms. The van der Waals surface area contributed by atoms with Gasteiger partial charge in [0.2, 0.25) is 5.91 Å². The van der Waals surface area contributed by atoms with Crippen molar-refractivity contribution in [2.24, 2.45) is 5.73 Å². The highest BCUT2D eigenvalue weighted by Gasteiger charge is 2.13. The van der Waals surface area contributed by atoms with Crippen LogP contribution in [0.4, 0.5) is 0 Å². The molecule has 5 nitrogen and oxygen atoms in total. The number of pyridine rings is 1. The normalized spacial score (nSPS) is 13.7. The zero-order valence-electron chi connectivity index (χ0n) is 7.53. The summed E-state index contributed by atoms with van der Waals surface area (Å²) in [6.45, 7) is 1.02. The smallest absolute Gasteiger partial charge is 0.257 e. The quantitative estimate of drug-likeness (QED) is 0.712. The third kappa shape index (κ3) is 1.76. The number of amides is 1. The van der Waals surface area contributed by atoms with E-state index in [-0.39, 0.29) is 12.3 Å². The molecule has 1 aliphatic heterocycles. The van der Waals surface area contributed by atoms with Crippen LogP contribution in [0.15, 0.2) is 12.3 Å². The van der Waals surface area contributed by atoms with E-state index in [9.17, 15) is 4.79 Å². The summed E-state index contributed by atoms with van der Waals surface area (Å²) < 4.78 is 10.5. The van der Waals surface area contributed by atoms with E-state index in [1.165, 1.54) is 0 Å². The van der Waals surface area contributed by atoms with E-state index >= 15 is 0 Å². The first kappa shape index (κ1) is 8.80. The molecule has 1 amide bonds. The van der Waals surface area contributed by atoms with Gasteiger partial charge in [-0.2, -0.15) is 0 Å². The molecule has 74 valence electrons. The molecule has 0 atom stereocenters. The van der Waals surface area contributed by atoms with Gasteiger partial charge in [-0.3, -0.25) is 4.79 Å². The SMILES string of the molecule is NC(=O)Cc1cnc2c(c1)OCCO2. The van der Waals surface area contributed by atoms with Crippen molar-refractivity contribution in [3.05, 3.63) is 17.8 Å². The Morgan fingerprint density at radius 1 is 1.50 bits per heavy atom. The Kier molecular flexibility index (Phi) is 2.22. The topological polar surface area (TPSA) is 74.4 Å². The van der Waals surface area contributed by atoms with Crippen LogP contribution in [-0.4, -0.2) is 24.1 Å². The number of nitrogens with two attached hydrogens (primary N) is 1. The Morgan fingerprint density at radius 2 is 2.29 bits per heavy atom. The maximum Gasteiger partial charge on any atom is 0.257 e. The highest BCUT2D eigenvalue weighted by molar-refractivity contribution is 5.76. The summed E-state index contributed by atoms with van der Waals surface area (Å²) in [5.74, 6) is 0.669. The van der Waals surface area contributed by atoms with E-state index in [2.05, 4.69) is 4.98 Å². The summed E-state index contributed by atoms with van der Waals surface area (Å²) in [5, 5.41) is 0. The summed E-state index contributed by atoms with van der Waals surface area (Å²) in [6.07, 6.45) is 1.74.